The van der Waals surface area contributed by atoms with Crippen molar-refractivity contribution in [1.29, 1.82) is 0 Å². The highest BCUT2D eigenvalue weighted by Crippen LogP contribution is 2.27. The average molecular weight is 308 g/mol. The van der Waals surface area contributed by atoms with Crippen molar-refractivity contribution < 1.29 is 9.47 Å². The second kappa shape index (κ2) is 6.40. The van der Waals surface area contributed by atoms with Crippen molar-refractivity contribution in [3.8, 4) is 11.5 Å². The molecule has 0 N–H and O–H groups in total. The third-order valence-corrected chi connectivity index (χ3v) is 3.17. The summed E-state index contributed by atoms with van der Waals surface area (Å²) in [4.78, 5) is 3.98. The van der Waals surface area contributed by atoms with Gasteiger partial charge in [0.15, 0.2) is 0 Å². The predicted molar refractivity (Wildman–Crippen MR) is 74.2 cm³/mol. The number of halogens is 1. The van der Waals surface area contributed by atoms with E-state index in [1.807, 2.05) is 30.3 Å². The van der Waals surface area contributed by atoms with Crippen LogP contribution in [0.15, 0.2) is 42.7 Å². The average Bonchev–Trinajstić information content (AvgIpc) is 2.45. The van der Waals surface area contributed by atoms with Crippen molar-refractivity contribution in [2.75, 3.05) is 7.11 Å². The Bertz CT molecular complexity index is 502. The molecule has 18 heavy (non-hydrogen) atoms. The van der Waals surface area contributed by atoms with Gasteiger partial charge >= 0.3 is 0 Å². The zero-order valence-electron chi connectivity index (χ0n) is 10.1. The van der Waals surface area contributed by atoms with Crippen LogP contribution >= 0.6 is 15.9 Å². The molecule has 0 fully saturated rings. The number of aromatic nitrogens is 1. The molecule has 1 aromatic carbocycles. The number of ether oxygens (including phenoxy) is 2. The summed E-state index contributed by atoms with van der Waals surface area (Å²) in [7, 11) is 1.65. The lowest BCUT2D eigenvalue weighted by Crippen LogP contribution is -1.98. The van der Waals surface area contributed by atoms with Gasteiger partial charge in [0.25, 0.3) is 0 Å². The topological polar surface area (TPSA) is 31.4 Å². The Morgan fingerprint density at radius 1 is 1.17 bits per heavy atom. The van der Waals surface area contributed by atoms with Crippen LogP contribution in [0, 0.1) is 0 Å². The van der Waals surface area contributed by atoms with Gasteiger partial charge in [-0.3, -0.25) is 4.98 Å². The molecule has 0 saturated carbocycles. The molecule has 0 amide bonds. The highest BCUT2D eigenvalue weighted by molar-refractivity contribution is 9.08. The fourth-order valence-electron chi connectivity index (χ4n) is 1.55. The van der Waals surface area contributed by atoms with Crippen molar-refractivity contribution in [2.45, 2.75) is 11.9 Å². The Kier molecular flexibility index (Phi) is 4.59. The van der Waals surface area contributed by atoms with Gasteiger partial charge in [-0.25, -0.2) is 0 Å². The molecule has 1 heterocycles. The third kappa shape index (κ3) is 3.23. The van der Waals surface area contributed by atoms with Crippen LogP contribution in [-0.4, -0.2) is 12.1 Å². The minimum atomic E-state index is 0.523. The number of alkyl halides is 1. The molecule has 3 nitrogen and oxygen atoms in total. The normalized spacial score (nSPS) is 10.1. The molecule has 2 aromatic rings. The molecular formula is C14H14BrNO2. The SMILES string of the molecule is COc1ccc(CBr)c(OCc2ccncc2)c1. The van der Waals surface area contributed by atoms with Gasteiger partial charge in [0.1, 0.15) is 18.1 Å². The van der Waals surface area contributed by atoms with E-state index in [0.29, 0.717) is 6.61 Å². The monoisotopic (exact) mass is 307 g/mol. The Morgan fingerprint density at radius 2 is 1.94 bits per heavy atom. The highest BCUT2D eigenvalue weighted by Gasteiger charge is 2.05. The summed E-state index contributed by atoms with van der Waals surface area (Å²) in [5.74, 6) is 1.63. The summed E-state index contributed by atoms with van der Waals surface area (Å²) in [6.45, 7) is 0.523. The summed E-state index contributed by atoms with van der Waals surface area (Å²) in [5, 5.41) is 0.753. The van der Waals surface area contributed by atoms with Gasteiger partial charge in [-0.05, 0) is 23.8 Å². The molecule has 94 valence electrons. The zero-order valence-corrected chi connectivity index (χ0v) is 11.7. The minimum Gasteiger partial charge on any atom is -0.497 e. The van der Waals surface area contributed by atoms with E-state index >= 15 is 0 Å². The van der Waals surface area contributed by atoms with Crippen molar-refractivity contribution in [1.82, 2.24) is 4.98 Å². The number of pyridine rings is 1. The first-order valence-corrected chi connectivity index (χ1v) is 6.70. The Balaban J connectivity index is 2.12. The maximum Gasteiger partial charge on any atom is 0.127 e. The minimum absolute atomic E-state index is 0.523. The van der Waals surface area contributed by atoms with E-state index in [4.69, 9.17) is 9.47 Å². The molecule has 0 aliphatic heterocycles. The maximum absolute atomic E-state index is 5.82. The van der Waals surface area contributed by atoms with Gasteiger partial charge in [0.2, 0.25) is 0 Å². The molecule has 0 aliphatic carbocycles. The number of benzene rings is 1. The fourth-order valence-corrected chi connectivity index (χ4v) is 2.01. The molecule has 0 radical (unpaired) electrons. The Morgan fingerprint density at radius 3 is 2.61 bits per heavy atom. The van der Waals surface area contributed by atoms with Crippen molar-refractivity contribution in [2.24, 2.45) is 0 Å². The summed E-state index contributed by atoms with van der Waals surface area (Å²) >= 11 is 3.45. The first-order chi connectivity index (χ1) is 8.83. The van der Waals surface area contributed by atoms with Crippen LogP contribution in [-0.2, 0) is 11.9 Å². The number of hydrogen-bond acceptors (Lipinski definition) is 3. The van der Waals surface area contributed by atoms with E-state index in [1.165, 1.54) is 0 Å². The van der Waals surface area contributed by atoms with E-state index in [0.717, 1.165) is 28.0 Å². The van der Waals surface area contributed by atoms with Crippen LogP contribution < -0.4 is 9.47 Å². The molecule has 0 bridgehead atoms. The fraction of sp³-hybridized carbons (Fsp3) is 0.214. The van der Waals surface area contributed by atoms with E-state index in [9.17, 15) is 0 Å². The van der Waals surface area contributed by atoms with Crippen LogP contribution in [0.25, 0.3) is 0 Å². The summed E-state index contributed by atoms with van der Waals surface area (Å²) < 4.78 is 11.0. The zero-order chi connectivity index (χ0) is 12.8. The van der Waals surface area contributed by atoms with Crippen LogP contribution in [0.4, 0.5) is 0 Å². The molecule has 0 aliphatic rings. The second-order valence-corrected chi connectivity index (χ2v) is 4.31. The Hall–Kier alpha value is -1.55. The first kappa shape index (κ1) is 12.9. The lowest BCUT2D eigenvalue weighted by Gasteiger charge is -2.11. The van der Waals surface area contributed by atoms with Crippen LogP contribution in [0.2, 0.25) is 0 Å². The van der Waals surface area contributed by atoms with Gasteiger partial charge in [-0.2, -0.15) is 0 Å². The van der Waals surface area contributed by atoms with E-state index in [1.54, 1.807) is 19.5 Å². The molecule has 1 aromatic heterocycles. The molecule has 0 spiro atoms. The molecule has 0 saturated heterocycles. The van der Waals surface area contributed by atoms with E-state index in [-0.39, 0.29) is 0 Å². The molecule has 2 rings (SSSR count). The number of methoxy groups -OCH3 is 1. The lowest BCUT2D eigenvalue weighted by atomic mass is 10.2. The molecule has 0 unspecified atom stereocenters. The lowest BCUT2D eigenvalue weighted by molar-refractivity contribution is 0.301. The quantitative estimate of drug-likeness (QED) is 0.791. The van der Waals surface area contributed by atoms with Crippen molar-refractivity contribution in [3.63, 3.8) is 0 Å². The summed E-state index contributed by atoms with van der Waals surface area (Å²) in [6.07, 6.45) is 3.52. The number of rotatable bonds is 5. The molecule has 4 heteroatoms. The van der Waals surface area contributed by atoms with Gasteiger partial charge in [-0.15, -0.1) is 0 Å². The van der Waals surface area contributed by atoms with Gasteiger partial charge < -0.3 is 9.47 Å². The Labute approximate surface area is 115 Å². The second-order valence-electron chi connectivity index (χ2n) is 3.75. The molecule has 0 atom stereocenters. The summed E-state index contributed by atoms with van der Waals surface area (Å²) in [5.41, 5.74) is 2.19. The number of nitrogens with zero attached hydrogens (tertiary/aromatic N) is 1. The van der Waals surface area contributed by atoms with Crippen molar-refractivity contribution in [3.05, 3.63) is 53.9 Å². The van der Waals surface area contributed by atoms with Crippen LogP contribution in [0.3, 0.4) is 0 Å². The van der Waals surface area contributed by atoms with Gasteiger partial charge in [-0.1, -0.05) is 22.0 Å². The summed E-state index contributed by atoms with van der Waals surface area (Å²) in [6, 6.07) is 9.70. The standard InChI is InChI=1S/C14H14BrNO2/c1-17-13-3-2-12(9-15)14(8-13)18-10-11-4-6-16-7-5-11/h2-8H,9-10H2,1H3. The largest absolute Gasteiger partial charge is 0.497 e. The van der Waals surface area contributed by atoms with Crippen molar-refractivity contribution >= 4 is 15.9 Å². The molecular weight excluding hydrogens is 294 g/mol. The highest BCUT2D eigenvalue weighted by atomic mass is 79.9. The van der Waals surface area contributed by atoms with E-state index < -0.39 is 0 Å². The smallest absolute Gasteiger partial charge is 0.127 e. The number of hydrogen-bond donors (Lipinski definition) is 0. The predicted octanol–water partition coefficient (Wildman–Crippen LogP) is 3.56. The maximum atomic E-state index is 5.82. The van der Waals surface area contributed by atoms with Crippen LogP contribution in [0.5, 0.6) is 11.5 Å². The van der Waals surface area contributed by atoms with Gasteiger partial charge in [0, 0.05) is 29.4 Å². The van der Waals surface area contributed by atoms with E-state index in [2.05, 4.69) is 20.9 Å². The third-order valence-electron chi connectivity index (χ3n) is 2.56. The first-order valence-electron chi connectivity index (χ1n) is 5.58. The van der Waals surface area contributed by atoms with Gasteiger partial charge in [0.05, 0.1) is 7.11 Å². The van der Waals surface area contributed by atoms with Crippen LogP contribution in [0.1, 0.15) is 11.1 Å².